The van der Waals surface area contributed by atoms with E-state index in [1.54, 1.807) is 0 Å². The van der Waals surface area contributed by atoms with E-state index in [1.165, 1.54) is 6.92 Å². The van der Waals surface area contributed by atoms with Gasteiger partial charge in [0, 0.05) is 24.3 Å². The van der Waals surface area contributed by atoms with Crippen molar-refractivity contribution in [3.8, 4) is 0 Å². The van der Waals surface area contributed by atoms with Gasteiger partial charge in [-0.15, -0.1) is 0 Å². The molecule has 32 heavy (non-hydrogen) atoms. The molecule has 0 aromatic heterocycles. The Balaban J connectivity index is 1.74. The van der Waals surface area contributed by atoms with Gasteiger partial charge in [-0.2, -0.15) is 0 Å². The third kappa shape index (κ3) is 4.68. The number of esters is 2. The fourth-order valence-electron chi connectivity index (χ4n) is 2.89. The van der Waals surface area contributed by atoms with Gasteiger partial charge in [-0.1, -0.05) is 0 Å². The molecule has 1 aliphatic heterocycles. The van der Waals surface area contributed by atoms with Gasteiger partial charge in [0.05, 0.1) is 21.0 Å². The minimum atomic E-state index is -2.26. The van der Waals surface area contributed by atoms with Crippen LogP contribution in [0.15, 0.2) is 42.5 Å². The number of carbonyl (C=O) groups excluding carboxylic acids is 2. The molecule has 1 N–H and O–H groups in total. The highest BCUT2D eigenvalue weighted by atomic mass is 19.1. The number of aryl methyl sites for hydroxylation is 1. The zero-order valence-electron chi connectivity index (χ0n) is 16.2. The van der Waals surface area contributed by atoms with Crippen LogP contribution in [0.3, 0.4) is 0 Å². The first-order chi connectivity index (χ1) is 15.1. The van der Waals surface area contributed by atoms with E-state index in [2.05, 4.69) is 0 Å². The summed E-state index contributed by atoms with van der Waals surface area (Å²) >= 11 is 0. The summed E-state index contributed by atoms with van der Waals surface area (Å²) in [6.07, 6.45) is -7.97. The molecular formula is C19H15FN2O10. The van der Waals surface area contributed by atoms with Crippen LogP contribution >= 0.6 is 0 Å². The molecule has 1 unspecified atom stereocenters. The first-order valence-electron chi connectivity index (χ1n) is 8.97. The van der Waals surface area contributed by atoms with Gasteiger partial charge >= 0.3 is 11.9 Å². The highest BCUT2D eigenvalue weighted by Crippen LogP contribution is 2.29. The van der Waals surface area contributed by atoms with E-state index in [9.17, 15) is 39.3 Å². The maximum atomic E-state index is 14.3. The molecule has 1 fully saturated rings. The van der Waals surface area contributed by atoms with Gasteiger partial charge in [-0.3, -0.25) is 20.2 Å². The Morgan fingerprint density at radius 3 is 2.16 bits per heavy atom. The number of nitrogens with zero attached hydrogens (tertiary/aromatic N) is 2. The van der Waals surface area contributed by atoms with Gasteiger partial charge in [0.15, 0.2) is 12.5 Å². The molecule has 0 bridgehead atoms. The third-order valence-electron chi connectivity index (χ3n) is 4.55. The number of aliphatic hydroxyl groups is 1. The summed E-state index contributed by atoms with van der Waals surface area (Å²) in [5.41, 5.74) is -0.587. The maximum Gasteiger partial charge on any atom is 0.340 e. The summed E-state index contributed by atoms with van der Waals surface area (Å²) in [7, 11) is 0. The molecule has 0 radical (unpaired) electrons. The molecule has 0 aliphatic carbocycles. The Morgan fingerprint density at radius 1 is 1.00 bits per heavy atom. The summed E-state index contributed by atoms with van der Waals surface area (Å²) in [6.45, 7) is 1.41. The molecule has 2 aromatic rings. The van der Waals surface area contributed by atoms with Crippen molar-refractivity contribution in [2.75, 3.05) is 0 Å². The van der Waals surface area contributed by atoms with E-state index in [4.69, 9.17) is 14.2 Å². The van der Waals surface area contributed by atoms with Gasteiger partial charge < -0.3 is 19.3 Å². The highest BCUT2D eigenvalue weighted by molar-refractivity contribution is 5.92. The standard InChI is InChI=1S/C19H15FN2O10/c1-9-8-12(22(28)29)6-7-13(9)17(24)31-19-15(14(20)18(25)32-19)30-16(23)10-2-4-11(5-3-10)21(26)27/h2-8,14-15,18-19,25H,1H3/t14-,15-,18?,19-/m0/s1. The summed E-state index contributed by atoms with van der Waals surface area (Å²) in [4.78, 5) is 44.9. The van der Waals surface area contributed by atoms with Crippen LogP contribution in [-0.2, 0) is 14.2 Å². The van der Waals surface area contributed by atoms with Crippen molar-refractivity contribution < 1.29 is 43.1 Å². The minimum absolute atomic E-state index is 0.0866. The summed E-state index contributed by atoms with van der Waals surface area (Å²) in [6, 6.07) is 7.58. The van der Waals surface area contributed by atoms with Gasteiger partial charge in [-0.25, -0.2) is 14.0 Å². The zero-order valence-corrected chi connectivity index (χ0v) is 16.2. The van der Waals surface area contributed by atoms with Crippen molar-refractivity contribution in [1.82, 2.24) is 0 Å². The number of aliphatic hydroxyl groups excluding tert-OH is 1. The van der Waals surface area contributed by atoms with Crippen molar-refractivity contribution in [3.05, 3.63) is 79.4 Å². The Kier molecular flexibility index (Phi) is 6.41. The fraction of sp³-hybridized carbons (Fsp3) is 0.263. The van der Waals surface area contributed by atoms with Gasteiger partial charge in [0.1, 0.15) is 0 Å². The van der Waals surface area contributed by atoms with E-state index in [1.807, 2.05) is 0 Å². The minimum Gasteiger partial charge on any atom is -0.449 e. The summed E-state index contributed by atoms with van der Waals surface area (Å²) in [5.74, 6) is -2.15. The lowest BCUT2D eigenvalue weighted by Crippen LogP contribution is -2.37. The summed E-state index contributed by atoms with van der Waals surface area (Å²) in [5, 5.41) is 31.1. The lowest BCUT2D eigenvalue weighted by molar-refractivity contribution is -0.385. The van der Waals surface area contributed by atoms with E-state index < -0.39 is 46.6 Å². The number of hydrogen-bond donors (Lipinski definition) is 1. The molecule has 1 saturated heterocycles. The van der Waals surface area contributed by atoms with E-state index in [0.29, 0.717) is 0 Å². The predicted octanol–water partition coefficient (Wildman–Crippen LogP) is 2.21. The van der Waals surface area contributed by atoms with Crippen LogP contribution < -0.4 is 0 Å². The average molecular weight is 450 g/mol. The molecule has 3 rings (SSSR count). The first kappa shape index (κ1) is 22.7. The van der Waals surface area contributed by atoms with Gasteiger partial charge in [0.25, 0.3) is 11.4 Å². The number of non-ortho nitro benzene ring substituents is 2. The molecule has 168 valence electrons. The Labute approximate surface area is 178 Å². The number of benzene rings is 2. The van der Waals surface area contributed by atoms with Crippen LogP contribution in [0.4, 0.5) is 15.8 Å². The molecule has 4 atom stereocenters. The van der Waals surface area contributed by atoms with Crippen LogP contribution in [0.25, 0.3) is 0 Å². The van der Waals surface area contributed by atoms with E-state index in [0.717, 1.165) is 42.5 Å². The quantitative estimate of drug-likeness (QED) is 0.391. The van der Waals surface area contributed by atoms with Crippen molar-refractivity contribution in [2.24, 2.45) is 0 Å². The van der Waals surface area contributed by atoms with E-state index in [-0.39, 0.29) is 28.1 Å². The molecule has 2 aromatic carbocycles. The van der Waals surface area contributed by atoms with Gasteiger partial charge in [0.2, 0.25) is 12.4 Å². The Bertz CT molecular complexity index is 1070. The first-order valence-corrected chi connectivity index (χ1v) is 8.97. The van der Waals surface area contributed by atoms with Crippen molar-refractivity contribution >= 4 is 23.3 Å². The normalized spacial score (nSPS) is 22.2. The molecule has 0 saturated carbocycles. The second kappa shape index (κ2) is 9.03. The third-order valence-corrected chi connectivity index (χ3v) is 4.55. The zero-order chi connectivity index (χ0) is 23.6. The van der Waals surface area contributed by atoms with Crippen LogP contribution in [0.5, 0.6) is 0 Å². The van der Waals surface area contributed by atoms with E-state index >= 15 is 0 Å². The second-order valence-electron chi connectivity index (χ2n) is 6.68. The van der Waals surface area contributed by atoms with Crippen molar-refractivity contribution in [2.45, 2.75) is 31.8 Å². The Morgan fingerprint density at radius 2 is 1.59 bits per heavy atom. The number of carbonyl (C=O) groups is 2. The highest BCUT2D eigenvalue weighted by Gasteiger charge is 2.49. The average Bonchev–Trinajstić information content (AvgIpc) is 3.00. The lowest BCUT2D eigenvalue weighted by Gasteiger charge is -2.20. The van der Waals surface area contributed by atoms with Crippen LogP contribution in [0, 0.1) is 27.2 Å². The molecule has 12 nitrogen and oxygen atoms in total. The van der Waals surface area contributed by atoms with Gasteiger partial charge in [-0.05, 0) is 30.7 Å². The maximum absolute atomic E-state index is 14.3. The van der Waals surface area contributed by atoms with Crippen molar-refractivity contribution in [1.29, 1.82) is 0 Å². The topological polar surface area (TPSA) is 168 Å². The fourth-order valence-corrected chi connectivity index (χ4v) is 2.89. The van der Waals surface area contributed by atoms with Crippen molar-refractivity contribution in [3.63, 3.8) is 0 Å². The summed E-state index contributed by atoms with van der Waals surface area (Å²) < 4.78 is 29.2. The number of nitro benzene ring substituents is 2. The second-order valence-corrected chi connectivity index (χ2v) is 6.68. The largest absolute Gasteiger partial charge is 0.449 e. The number of rotatable bonds is 6. The SMILES string of the molecule is Cc1cc([N+](=O)[O-])ccc1C(=O)O[C@H]1OC(O)[C@@H](F)[C@@H]1OC(=O)c1ccc([N+](=O)[O-])cc1. The predicted molar refractivity (Wildman–Crippen MR) is 101 cm³/mol. The molecule has 0 spiro atoms. The molecular weight excluding hydrogens is 435 g/mol. The smallest absolute Gasteiger partial charge is 0.340 e. The number of ether oxygens (including phenoxy) is 3. The van der Waals surface area contributed by atoms with Crippen LogP contribution in [0.1, 0.15) is 26.3 Å². The monoisotopic (exact) mass is 450 g/mol. The number of hydrogen-bond acceptors (Lipinski definition) is 10. The lowest BCUT2D eigenvalue weighted by atomic mass is 10.1. The molecule has 1 aliphatic rings. The molecule has 13 heteroatoms. The molecule has 0 amide bonds. The number of nitro groups is 2. The number of alkyl halides is 1. The number of halogens is 1. The van der Waals surface area contributed by atoms with Crippen LogP contribution in [-0.4, -0.2) is 51.7 Å². The van der Waals surface area contributed by atoms with Crippen LogP contribution in [0.2, 0.25) is 0 Å². The Hall–Kier alpha value is -3.97. The molecule has 1 heterocycles.